The van der Waals surface area contributed by atoms with Crippen LogP contribution in [0.3, 0.4) is 0 Å². The number of amides is 1. The largest absolute Gasteiger partial charge is 0.418 e. The monoisotopic (exact) mass is 364 g/mol. The zero-order chi connectivity index (χ0) is 17.2. The van der Waals surface area contributed by atoms with Crippen LogP contribution < -0.4 is 10.6 Å². The predicted octanol–water partition coefficient (Wildman–Crippen LogP) is 3.91. The number of nitrogens with one attached hydrogen (secondary N) is 2. The molecule has 1 aromatic heterocycles. The first kappa shape index (κ1) is 17.3. The van der Waals surface area contributed by atoms with Crippen molar-refractivity contribution in [2.45, 2.75) is 6.18 Å². The van der Waals surface area contributed by atoms with Gasteiger partial charge < -0.3 is 10.6 Å². The van der Waals surface area contributed by atoms with Crippen LogP contribution in [0.4, 0.5) is 24.7 Å². The summed E-state index contributed by atoms with van der Waals surface area (Å²) in [5, 5.41) is 4.45. The van der Waals surface area contributed by atoms with E-state index in [-0.39, 0.29) is 21.7 Å². The molecule has 0 unspecified atom stereocenters. The van der Waals surface area contributed by atoms with E-state index in [4.69, 9.17) is 23.2 Å². The van der Waals surface area contributed by atoms with E-state index in [1.165, 1.54) is 13.1 Å². The molecule has 10 heteroatoms. The molecule has 2 rings (SSSR count). The molecule has 0 saturated carbocycles. The van der Waals surface area contributed by atoms with Gasteiger partial charge in [0.25, 0.3) is 5.91 Å². The number of hydrogen-bond acceptors (Lipinski definition) is 4. The van der Waals surface area contributed by atoms with Crippen LogP contribution in [0, 0.1) is 0 Å². The smallest absolute Gasteiger partial charge is 0.355 e. The molecule has 1 heterocycles. The van der Waals surface area contributed by atoms with Gasteiger partial charge in [0.15, 0.2) is 5.82 Å². The number of aromatic nitrogens is 2. The van der Waals surface area contributed by atoms with Crippen molar-refractivity contribution in [3.63, 3.8) is 0 Å². The highest BCUT2D eigenvalue weighted by Gasteiger charge is 2.35. The van der Waals surface area contributed by atoms with E-state index < -0.39 is 23.3 Å². The van der Waals surface area contributed by atoms with E-state index in [2.05, 4.69) is 20.6 Å². The Labute approximate surface area is 138 Å². The van der Waals surface area contributed by atoms with E-state index in [1.807, 2.05) is 0 Å². The second-order valence-corrected chi connectivity index (χ2v) is 5.01. The summed E-state index contributed by atoms with van der Waals surface area (Å²) in [6.45, 7) is 0. The van der Waals surface area contributed by atoms with Gasteiger partial charge in [0.1, 0.15) is 5.02 Å². The first-order chi connectivity index (χ1) is 10.7. The lowest BCUT2D eigenvalue weighted by Gasteiger charge is -2.17. The van der Waals surface area contributed by atoms with Crippen LogP contribution in [-0.4, -0.2) is 22.9 Å². The Morgan fingerprint density at radius 3 is 2.57 bits per heavy atom. The lowest BCUT2D eigenvalue weighted by molar-refractivity contribution is -0.136. The minimum atomic E-state index is -4.68. The molecular weight excluding hydrogens is 356 g/mol. The molecule has 1 aromatic carbocycles. The maximum Gasteiger partial charge on any atom is 0.418 e. The van der Waals surface area contributed by atoms with E-state index in [9.17, 15) is 18.0 Å². The van der Waals surface area contributed by atoms with Gasteiger partial charge in [-0.3, -0.25) is 4.79 Å². The number of benzene rings is 1. The molecule has 0 bridgehead atoms. The molecular formula is C13H9Cl2F3N4O. The summed E-state index contributed by atoms with van der Waals surface area (Å²) < 4.78 is 39.6. The summed E-state index contributed by atoms with van der Waals surface area (Å²) >= 11 is 11.5. The predicted molar refractivity (Wildman–Crippen MR) is 80.2 cm³/mol. The molecule has 122 valence electrons. The lowest BCUT2D eigenvalue weighted by atomic mass is 10.1. The fourth-order valence-electron chi connectivity index (χ4n) is 1.80. The van der Waals surface area contributed by atoms with Gasteiger partial charge in [-0.1, -0.05) is 17.7 Å². The SMILES string of the molecule is CNC(=O)c1cccc(C(F)(F)F)c1Nc1nc(Cl)ncc1Cl. The van der Waals surface area contributed by atoms with E-state index in [0.29, 0.717) is 0 Å². The third kappa shape index (κ3) is 3.83. The molecule has 2 N–H and O–H groups in total. The molecule has 0 saturated heterocycles. The highest BCUT2D eigenvalue weighted by Crippen LogP contribution is 2.38. The number of halogens is 5. The fourth-order valence-corrected chi connectivity index (χ4v) is 2.07. The Morgan fingerprint density at radius 2 is 1.96 bits per heavy atom. The fraction of sp³-hybridized carbons (Fsp3) is 0.154. The molecule has 23 heavy (non-hydrogen) atoms. The minimum Gasteiger partial charge on any atom is -0.355 e. The van der Waals surface area contributed by atoms with Gasteiger partial charge in [0, 0.05) is 7.05 Å². The zero-order valence-electron chi connectivity index (χ0n) is 11.5. The molecule has 1 amide bonds. The van der Waals surface area contributed by atoms with E-state index in [0.717, 1.165) is 18.3 Å². The third-order valence-corrected chi connectivity index (χ3v) is 3.26. The maximum atomic E-state index is 13.2. The quantitative estimate of drug-likeness (QED) is 0.810. The number of anilines is 2. The second-order valence-electron chi connectivity index (χ2n) is 4.27. The molecule has 0 spiro atoms. The van der Waals surface area contributed by atoms with Gasteiger partial charge in [0.05, 0.1) is 23.0 Å². The first-order valence-electron chi connectivity index (χ1n) is 6.11. The molecule has 0 aliphatic rings. The highest BCUT2D eigenvalue weighted by molar-refractivity contribution is 6.33. The number of alkyl halides is 3. The average molecular weight is 365 g/mol. The summed E-state index contributed by atoms with van der Waals surface area (Å²) in [7, 11) is 1.31. The van der Waals surface area contributed by atoms with Crippen LogP contribution in [0.5, 0.6) is 0 Å². The normalized spacial score (nSPS) is 11.2. The van der Waals surface area contributed by atoms with Crippen molar-refractivity contribution in [3.8, 4) is 0 Å². The number of carbonyl (C=O) groups excluding carboxylic acids is 1. The Bertz CT molecular complexity index is 752. The van der Waals surface area contributed by atoms with Crippen molar-refractivity contribution in [1.29, 1.82) is 0 Å². The number of carbonyl (C=O) groups is 1. The maximum absolute atomic E-state index is 13.2. The van der Waals surface area contributed by atoms with E-state index >= 15 is 0 Å². The lowest BCUT2D eigenvalue weighted by Crippen LogP contribution is -2.21. The van der Waals surface area contributed by atoms with Crippen LogP contribution in [0.15, 0.2) is 24.4 Å². The molecule has 0 radical (unpaired) electrons. The van der Waals surface area contributed by atoms with Gasteiger partial charge in [0.2, 0.25) is 5.28 Å². The van der Waals surface area contributed by atoms with Gasteiger partial charge in [-0.25, -0.2) is 4.98 Å². The van der Waals surface area contributed by atoms with Crippen LogP contribution in [0.1, 0.15) is 15.9 Å². The second kappa shape index (κ2) is 6.59. The first-order valence-corrected chi connectivity index (χ1v) is 6.87. The molecule has 0 aliphatic carbocycles. The number of rotatable bonds is 3. The molecule has 5 nitrogen and oxygen atoms in total. The van der Waals surface area contributed by atoms with Crippen LogP contribution >= 0.6 is 23.2 Å². The topological polar surface area (TPSA) is 66.9 Å². The number of hydrogen-bond donors (Lipinski definition) is 2. The molecule has 2 aromatic rings. The van der Waals surface area contributed by atoms with Gasteiger partial charge in [-0.05, 0) is 23.7 Å². The van der Waals surface area contributed by atoms with Gasteiger partial charge in [-0.2, -0.15) is 18.2 Å². The Morgan fingerprint density at radius 1 is 1.26 bits per heavy atom. The standard InChI is InChI=1S/C13H9Cl2F3N4O/c1-19-11(23)6-3-2-4-7(13(16,17)18)9(6)21-10-8(14)5-20-12(15)22-10/h2-5H,1H3,(H,19,23)(H,20,21,22). The third-order valence-electron chi connectivity index (χ3n) is 2.80. The van der Waals surface area contributed by atoms with Crippen LogP contribution in [0.25, 0.3) is 0 Å². The van der Waals surface area contributed by atoms with Gasteiger partial charge >= 0.3 is 6.18 Å². The highest BCUT2D eigenvalue weighted by atomic mass is 35.5. The van der Waals surface area contributed by atoms with Crippen LogP contribution in [0.2, 0.25) is 10.3 Å². The molecule has 0 fully saturated rings. The van der Waals surface area contributed by atoms with Crippen molar-refractivity contribution in [2.24, 2.45) is 0 Å². The minimum absolute atomic E-state index is 0.0470. The Hall–Kier alpha value is -2.06. The van der Waals surface area contributed by atoms with Crippen molar-refractivity contribution in [3.05, 3.63) is 45.8 Å². The summed E-state index contributed by atoms with van der Waals surface area (Å²) in [6.07, 6.45) is -3.55. The molecule has 0 atom stereocenters. The summed E-state index contributed by atoms with van der Waals surface area (Å²) in [4.78, 5) is 19.2. The number of nitrogens with zero attached hydrogens (tertiary/aromatic N) is 2. The van der Waals surface area contributed by atoms with Crippen molar-refractivity contribution in [1.82, 2.24) is 15.3 Å². The summed E-state index contributed by atoms with van der Waals surface area (Å²) in [6, 6.07) is 3.21. The Kier molecular flexibility index (Phi) is 4.96. The van der Waals surface area contributed by atoms with Crippen molar-refractivity contribution < 1.29 is 18.0 Å². The van der Waals surface area contributed by atoms with E-state index in [1.54, 1.807) is 0 Å². The van der Waals surface area contributed by atoms with Crippen molar-refractivity contribution >= 4 is 40.6 Å². The zero-order valence-corrected chi connectivity index (χ0v) is 13.0. The van der Waals surface area contributed by atoms with Gasteiger partial charge in [-0.15, -0.1) is 0 Å². The van der Waals surface area contributed by atoms with Crippen molar-refractivity contribution in [2.75, 3.05) is 12.4 Å². The van der Waals surface area contributed by atoms with Crippen LogP contribution in [-0.2, 0) is 6.18 Å². The molecule has 0 aliphatic heterocycles. The number of para-hydroxylation sites is 1. The summed E-state index contributed by atoms with van der Waals surface area (Å²) in [5.41, 5.74) is -1.73. The Balaban J connectivity index is 2.62. The summed E-state index contributed by atoms with van der Waals surface area (Å²) in [5.74, 6) is -0.844. The average Bonchev–Trinajstić information content (AvgIpc) is 2.49.